The summed E-state index contributed by atoms with van der Waals surface area (Å²) in [6.45, 7) is -1.86. The maximum atomic E-state index is 13.0. The number of halogens is 2. The maximum absolute atomic E-state index is 13.0. The molecule has 0 amide bonds. The molecule has 0 fully saturated rings. The van der Waals surface area contributed by atoms with Gasteiger partial charge in [-0.15, -0.1) is 0 Å². The van der Waals surface area contributed by atoms with E-state index in [0.29, 0.717) is 16.4 Å². The number of nitrogen functional groups attached to an aromatic ring is 1. The topological polar surface area (TPSA) is 71.2 Å². The molecule has 7 heteroatoms. The summed E-state index contributed by atoms with van der Waals surface area (Å²) in [7, 11) is 0. The van der Waals surface area contributed by atoms with Crippen LogP contribution < -0.4 is 11.1 Å². The number of aliphatic hydroxyl groups excluding tert-OH is 1. The molecule has 2 aromatic rings. The summed E-state index contributed by atoms with van der Waals surface area (Å²) in [6, 6.07) is 9.18. The third kappa shape index (κ3) is 3.18. The van der Waals surface area contributed by atoms with Crippen molar-refractivity contribution in [2.45, 2.75) is 5.92 Å². The van der Waals surface area contributed by atoms with Gasteiger partial charge in [-0.05, 0) is 17.1 Å². The number of aliphatic hydroxyl groups is 1. The van der Waals surface area contributed by atoms with Crippen LogP contribution in [0.25, 0.3) is 11.1 Å². The van der Waals surface area contributed by atoms with E-state index in [0.717, 1.165) is 17.1 Å². The monoisotopic (exact) mass is 285 g/mol. The summed E-state index contributed by atoms with van der Waals surface area (Å²) >= 11 is 1.02. The Kier molecular flexibility index (Phi) is 3.96. The van der Waals surface area contributed by atoms with Crippen molar-refractivity contribution in [2.75, 3.05) is 24.2 Å². The van der Waals surface area contributed by atoms with Crippen LogP contribution in [0.3, 0.4) is 0 Å². The van der Waals surface area contributed by atoms with Crippen LogP contribution in [0.15, 0.2) is 30.3 Å². The lowest BCUT2D eigenvalue weighted by molar-refractivity contribution is -0.0372. The van der Waals surface area contributed by atoms with Crippen molar-refractivity contribution in [3.63, 3.8) is 0 Å². The van der Waals surface area contributed by atoms with Crippen LogP contribution in [0.4, 0.5) is 19.6 Å². The van der Waals surface area contributed by atoms with E-state index in [1.165, 1.54) is 0 Å². The van der Waals surface area contributed by atoms with E-state index in [2.05, 4.69) is 9.69 Å². The van der Waals surface area contributed by atoms with Gasteiger partial charge in [-0.2, -0.15) is 4.37 Å². The van der Waals surface area contributed by atoms with Crippen LogP contribution in [0.5, 0.6) is 0 Å². The van der Waals surface area contributed by atoms with Crippen molar-refractivity contribution < 1.29 is 13.9 Å². The Bertz CT molecular complexity index is 545. The van der Waals surface area contributed by atoms with Crippen LogP contribution in [-0.4, -0.2) is 28.6 Å². The van der Waals surface area contributed by atoms with Crippen molar-refractivity contribution in [3.05, 3.63) is 30.3 Å². The molecule has 0 aliphatic heterocycles. The molecule has 0 saturated carbocycles. The lowest BCUT2D eigenvalue weighted by atomic mass is 10.1. The van der Waals surface area contributed by atoms with Gasteiger partial charge in [0.25, 0.3) is 5.92 Å². The number of alkyl halides is 2. The minimum Gasteiger partial charge on any atom is -0.390 e. The fourth-order valence-corrected chi connectivity index (χ4v) is 2.30. The molecule has 102 valence electrons. The highest BCUT2D eigenvalue weighted by Gasteiger charge is 2.28. The third-order valence-corrected chi connectivity index (χ3v) is 3.34. The van der Waals surface area contributed by atoms with Gasteiger partial charge >= 0.3 is 0 Å². The molecular weight excluding hydrogens is 272 g/mol. The fraction of sp³-hybridized carbons (Fsp3) is 0.250. The zero-order valence-electron chi connectivity index (χ0n) is 9.94. The number of benzene rings is 1. The lowest BCUT2D eigenvalue weighted by Gasteiger charge is -2.14. The van der Waals surface area contributed by atoms with Gasteiger partial charge in [-0.25, -0.2) is 8.78 Å². The number of aromatic nitrogens is 1. The second kappa shape index (κ2) is 5.50. The Balaban J connectivity index is 2.24. The summed E-state index contributed by atoms with van der Waals surface area (Å²) < 4.78 is 30.0. The summed E-state index contributed by atoms with van der Waals surface area (Å²) in [4.78, 5) is 0. The molecule has 1 aromatic carbocycles. The number of hydrogen-bond acceptors (Lipinski definition) is 5. The third-order valence-electron chi connectivity index (χ3n) is 2.52. The van der Waals surface area contributed by atoms with Gasteiger partial charge in [0.05, 0.1) is 12.1 Å². The van der Waals surface area contributed by atoms with Gasteiger partial charge in [-0.3, -0.25) is 0 Å². The van der Waals surface area contributed by atoms with Crippen molar-refractivity contribution in [2.24, 2.45) is 0 Å². The number of hydrogen-bond donors (Lipinski definition) is 3. The number of anilines is 2. The first-order valence-corrected chi connectivity index (χ1v) is 6.34. The number of nitrogens with zero attached hydrogens (tertiary/aromatic N) is 1. The first kappa shape index (κ1) is 13.7. The van der Waals surface area contributed by atoms with Crippen molar-refractivity contribution in [3.8, 4) is 11.1 Å². The van der Waals surface area contributed by atoms with Gasteiger partial charge < -0.3 is 16.2 Å². The molecule has 1 heterocycles. The SMILES string of the molecule is Nc1nsc(NCC(F)(F)CO)c1-c1ccccc1. The number of rotatable bonds is 5. The van der Waals surface area contributed by atoms with Crippen LogP contribution in [-0.2, 0) is 0 Å². The van der Waals surface area contributed by atoms with E-state index >= 15 is 0 Å². The molecular formula is C12H13F2N3OS. The van der Waals surface area contributed by atoms with E-state index in [1.54, 1.807) is 0 Å². The van der Waals surface area contributed by atoms with E-state index in [1.807, 2.05) is 30.3 Å². The zero-order chi connectivity index (χ0) is 13.9. The van der Waals surface area contributed by atoms with Crippen LogP contribution >= 0.6 is 11.5 Å². The van der Waals surface area contributed by atoms with Crippen LogP contribution in [0.1, 0.15) is 0 Å². The highest BCUT2D eigenvalue weighted by molar-refractivity contribution is 7.11. The summed E-state index contributed by atoms with van der Waals surface area (Å²) in [6.07, 6.45) is 0. The van der Waals surface area contributed by atoms with Crippen molar-refractivity contribution in [1.29, 1.82) is 0 Å². The van der Waals surface area contributed by atoms with Crippen LogP contribution in [0, 0.1) is 0 Å². The summed E-state index contributed by atoms with van der Waals surface area (Å²) in [5.74, 6) is -2.88. The normalized spacial score (nSPS) is 11.5. The fourth-order valence-electron chi connectivity index (χ4n) is 1.57. The second-order valence-corrected chi connectivity index (χ2v) is 4.78. The molecule has 2 rings (SSSR count). The number of nitrogens with one attached hydrogen (secondary N) is 1. The van der Waals surface area contributed by atoms with E-state index in [9.17, 15) is 8.78 Å². The molecule has 1 aromatic heterocycles. The molecule has 0 aliphatic carbocycles. The first-order valence-electron chi connectivity index (χ1n) is 5.56. The van der Waals surface area contributed by atoms with Crippen molar-refractivity contribution >= 4 is 22.4 Å². The minimum atomic E-state index is -3.17. The summed E-state index contributed by atoms with van der Waals surface area (Å²) in [5.41, 5.74) is 7.19. The molecule has 0 unspecified atom stereocenters. The smallest absolute Gasteiger partial charge is 0.287 e. The first-order chi connectivity index (χ1) is 9.03. The molecule has 4 nitrogen and oxygen atoms in total. The molecule has 0 atom stereocenters. The molecule has 0 aliphatic rings. The van der Waals surface area contributed by atoms with Gasteiger partial charge in [0.2, 0.25) is 0 Å². The Labute approximate surface area is 113 Å². The Morgan fingerprint density at radius 1 is 1.32 bits per heavy atom. The maximum Gasteiger partial charge on any atom is 0.287 e. The Morgan fingerprint density at radius 3 is 2.63 bits per heavy atom. The van der Waals surface area contributed by atoms with Gasteiger partial charge in [-0.1, -0.05) is 30.3 Å². The summed E-state index contributed by atoms with van der Waals surface area (Å²) in [5, 5.41) is 11.6. The van der Waals surface area contributed by atoms with Gasteiger partial charge in [0, 0.05) is 0 Å². The lowest BCUT2D eigenvalue weighted by Crippen LogP contribution is -2.30. The minimum absolute atomic E-state index is 0.297. The standard InChI is InChI=1S/C12H13F2N3OS/c13-12(14,7-18)6-16-11-9(10(15)17-19-11)8-4-2-1-3-5-8/h1-5,16,18H,6-7H2,(H2,15,17). The average molecular weight is 285 g/mol. The van der Waals surface area contributed by atoms with E-state index in [4.69, 9.17) is 10.8 Å². The second-order valence-electron chi connectivity index (χ2n) is 4.01. The quantitative estimate of drug-likeness (QED) is 0.789. The highest BCUT2D eigenvalue weighted by Crippen LogP contribution is 2.36. The predicted molar refractivity (Wildman–Crippen MR) is 72.5 cm³/mol. The average Bonchev–Trinajstić information content (AvgIpc) is 2.79. The van der Waals surface area contributed by atoms with Gasteiger partial charge in [0.15, 0.2) is 0 Å². The molecule has 0 bridgehead atoms. The van der Waals surface area contributed by atoms with E-state index in [-0.39, 0.29) is 0 Å². The van der Waals surface area contributed by atoms with Gasteiger partial charge in [0.1, 0.15) is 17.4 Å². The molecule has 4 N–H and O–H groups in total. The predicted octanol–water partition coefficient (Wildman–Crippen LogP) is 2.43. The van der Waals surface area contributed by atoms with Crippen molar-refractivity contribution in [1.82, 2.24) is 4.37 Å². The largest absolute Gasteiger partial charge is 0.390 e. The Morgan fingerprint density at radius 2 is 2.00 bits per heavy atom. The van der Waals surface area contributed by atoms with Crippen LogP contribution in [0.2, 0.25) is 0 Å². The zero-order valence-corrected chi connectivity index (χ0v) is 10.8. The number of nitrogens with two attached hydrogens (primary N) is 1. The highest BCUT2D eigenvalue weighted by atomic mass is 32.1. The molecule has 19 heavy (non-hydrogen) atoms. The molecule has 0 spiro atoms. The molecule has 0 radical (unpaired) electrons. The molecule has 0 saturated heterocycles. The Hall–Kier alpha value is -1.73. The van der Waals surface area contributed by atoms with E-state index < -0.39 is 19.1 Å².